The number of piperazine rings is 1. The fourth-order valence-electron chi connectivity index (χ4n) is 3.77. The summed E-state index contributed by atoms with van der Waals surface area (Å²) in [6.45, 7) is 2.54. The molecule has 8 nitrogen and oxygen atoms in total. The summed E-state index contributed by atoms with van der Waals surface area (Å²) < 4.78 is 5.04. The van der Waals surface area contributed by atoms with Crippen molar-refractivity contribution in [3.05, 3.63) is 54.6 Å². The van der Waals surface area contributed by atoms with E-state index < -0.39 is 6.09 Å². The number of primary amides is 1. The Balaban J connectivity index is 1.71. The van der Waals surface area contributed by atoms with Gasteiger partial charge in [0.25, 0.3) is 0 Å². The highest BCUT2D eigenvalue weighted by Crippen LogP contribution is 2.28. The number of aliphatic hydroxyl groups is 1. The topological polar surface area (TPSA) is 108 Å². The average molecular weight is 427 g/mol. The van der Waals surface area contributed by atoms with Gasteiger partial charge in [-0.1, -0.05) is 24.3 Å². The average Bonchev–Trinajstić information content (AvgIpc) is 2.78. The van der Waals surface area contributed by atoms with Crippen LogP contribution in [0.1, 0.15) is 19.3 Å². The van der Waals surface area contributed by atoms with Gasteiger partial charge in [0.1, 0.15) is 0 Å². The minimum atomic E-state index is -0.551. The number of anilines is 3. The summed E-state index contributed by atoms with van der Waals surface area (Å²) in [6, 6.07) is 17.9. The molecule has 1 fully saturated rings. The summed E-state index contributed by atoms with van der Waals surface area (Å²) in [4.78, 5) is 28.0. The SMILES string of the molecule is NC(=O)CCC1CN(c2ccccc2)CCN1c1cccc(NC(=O)OCCCO)c1. The largest absolute Gasteiger partial charge is 0.449 e. The first-order valence-corrected chi connectivity index (χ1v) is 10.6. The van der Waals surface area contributed by atoms with Crippen molar-refractivity contribution in [2.75, 3.05) is 48.0 Å². The lowest BCUT2D eigenvalue weighted by Gasteiger charge is -2.44. The Morgan fingerprint density at radius 2 is 1.87 bits per heavy atom. The first-order valence-electron chi connectivity index (χ1n) is 10.6. The Kier molecular flexibility index (Phi) is 8.12. The normalized spacial score (nSPS) is 16.1. The molecule has 2 aromatic rings. The molecule has 0 aromatic heterocycles. The number of benzene rings is 2. The van der Waals surface area contributed by atoms with Crippen molar-refractivity contribution in [1.82, 2.24) is 0 Å². The van der Waals surface area contributed by atoms with E-state index in [1.54, 1.807) is 6.07 Å². The summed E-state index contributed by atoms with van der Waals surface area (Å²) >= 11 is 0. The number of hydrogen-bond donors (Lipinski definition) is 3. The molecule has 31 heavy (non-hydrogen) atoms. The molecule has 4 N–H and O–H groups in total. The Morgan fingerprint density at radius 3 is 2.61 bits per heavy atom. The molecular weight excluding hydrogens is 396 g/mol. The molecule has 3 rings (SSSR count). The molecule has 1 heterocycles. The summed E-state index contributed by atoms with van der Waals surface area (Å²) in [5.74, 6) is -0.308. The van der Waals surface area contributed by atoms with E-state index >= 15 is 0 Å². The van der Waals surface area contributed by atoms with Crippen molar-refractivity contribution in [2.24, 2.45) is 5.73 Å². The van der Waals surface area contributed by atoms with Crippen LogP contribution in [-0.4, -0.2) is 56.0 Å². The second-order valence-electron chi connectivity index (χ2n) is 7.52. The lowest BCUT2D eigenvalue weighted by Crippen LogP contribution is -2.53. The van der Waals surface area contributed by atoms with Crippen LogP contribution >= 0.6 is 0 Å². The molecule has 0 bridgehead atoms. The van der Waals surface area contributed by atoms with E-state index in [1.807, 2.05) is 36.4 Å². The predicted molar refractivity (Wildman–Crippen MR) is 121 cm³/mol. The van der Waals surface area contributed by atoms with Gasteiger partial charge in [0.05, 0.1) is 6.61 Å². The standard InChI is InChI=1S/C23H30N4O4/c24-22(29)11-10-21-17-26(19-7-2-1-3-8-19)12-13-27(21)20-9-4-6-18(16-20)25-23(30)31-15-5-14-28/h1-4,6-9,16,21,28H,5,10-15,17H2,(H2,24,29)(H,25,30). The van der Waals surface area contributed by atoms with Gasteiger partial charge >= 0.3 is 6.09 Å². The fourth-order valence-corrected chi connectivity index (χ4v) is 3.77. The third-order valence-corrected chi connectivity index (χ3v) is 5.29. The molecule has 0 saturated carbocycles. The van der Waals surface area contributed by atoms with Crippen molar-refractivity contribution in [3.63, 3.8) is 0 Å². The Hall–Kier alpha value is -3.26. The number of hydrogen-bond acceptors (Lipinski definition) is 6. The first kappa shape index (κ1) is 22.4. The Bertz CT molecular complexity index is 862. The molecule has 1 unspecified atom stereocenters. The monoisotopic (exact) mass is 426 g/mol. The first-order chi connectivity index (χ1) is 15.1. The molecule has 2 aromatic carbocycles. The maximum absolute atomic E-state index is 11.9. The van der Waals surface area contributed by atoms with Crippen LogP contribution in [0.3, 0.4) is 0 Å². The number of para-hydroxylation sites is 1. The second-order valence-corrected chi connectivity index (χ2v) is 7.52. The van der Waals surface area contributed by atoms with Crippen molar-refractivity contribution in [1.29, 1.82) is 0 Å². The van der Waals surface area contributed by atoms with E-state index in [9.17, 15) is 9.59 Å². The number of ether oxygens (including phenoxy) is 1. The smallest absolute Gasteiger partial charge is 0.411 e. The van der Waals surface area contributed by atoms with Crippen LogP contribution < -0.4 is 20.9 Å². The molecule has 1 atom stereocenters. The number of nitrogens with two attached hydrogens (primary N) is 1. The molecule has 1 aliphatic rings. The van der Waals surface area contributed by atoms with Gasteiger partial charge in [-0.3, -0.25) is 10.1 Å². The number of aliphatic hydroxyl groups excluding tert-OH is 1. The van der Waals surface area contributed by atoms with Gasteiger partial charge in [0.2, 0.25) is 5.91 Å². The van der Waals surface area contributed by atoms with Crippen LogP contribution in [0.2, 0.25) is 0 Å². The van der Waals surface area contributed by atoms with Gasteiger partial charge < -0.3 is 25.4 Å². The number of nitrogens with one attached hydrogen (secondary N) is 1. The van der Waals surface area contributed by atoms with Crippen LogP contribution in [0.25, 0.3) is 0 Å². The molecule has 0 spiro atoms. The van der Waals surface area contributed by atoms with E-state index in [-0.39, 0.29) is 25.2 Å². The molecule has 8 heteroatoms. The maximum atomic E-state index is 11.9. The summed E-state index contributed by atoms with van der Waals surface area (Å²) in [6.07, 6.45) is 0.823. The van der Waals surface area contributed by atoms with E-state index in [0.717, 1.165) is 31.0 Å². The third-order valence-electron chi connectivity index (χ3n) is 5.29. The van der Waals surface area contributed by atoms with Crippen molar-refractivity contribution < 1.29 is 19.4 Å². The summed E-state index contributed by atoms with van der Waals surface area (Å²) in [7, 11) is 0. The zero-order chi connectivity index (χ0) is 22.1. The molecule has 0 aliphatic carbocycles. The third kappa shape index (κ3) is 6.62. The number of carbonyl (C=O) groups excluding carboxylic acids is 2. The number of carbonyl (C=O) groups is 2. The van der Waals surface area contributed by atoms with Crippen LogP contribution in [0.4, 0.5) is 21.9 Å². The highest BCUT2D eigenvalue weighted by Gasteiger charge is 2.28. The van der Waals surface area contributed by atoms with Crippen molar-refractivity contribution in [3.8, 4) is 0 Å². The highest BCUT2D eigenvalue weighted by molar-refractivity contribution is 5.85. The number of nitrogens with zero attached hydrogens (tertiary/aromatic N) is 2. The maximum Gasteiger partial charge on any atom is 0.411 e. The van der Waals surface area contributed by atoms with Gasteiger partial charge in [-0.05, 0) is 36.8 Å². The second kappa shape index (κ2) is 11.2. The highest BCUT2D eigenvalue weighted by atomic mass is 16.5. The lowest BCUT2D eigenvalue weighted by molar-refractivity contribution is -0.118. The Morgan fingerprint density at radius 1 is 1.10 bits per heavy atom. The van der Waals surface area contributed by atoms with E-state index in [4.69, 9.17) is 15.6 Å². The zero-order valence-electron chi connectivity index (χ0n) is 17.6. The number of rotatable bonds is 9. The zero-order valence-corrected chi connectivity index (χ0v) is 17.6. The summed E-state index contributed by atoms with van der Waals surface area (Å²) in [5, 5.41) is 11.5. The van der Waals surface area contributed by atoms with E-state index in [1.165, 1.54) is 0 Å². The van der Waals surface area contributed by atoms with Gasteiger partial charge in [0, 0.05) is 62.2 Å². The fraction of sp³-hybridized carbons (Fsp3) is 0.391. The minimum Gasteiger partial charge on any atom is -0.449 e. The Labute approximate surface area is 182 Å². The van der Waals surface area contributed by atoms with Crippen LogP contribution in [0.15, 0.2) is 54.6 Å². The molecule has 1 saturated heterocycles. The minimum absolute atomic E-state index is 0.0234. The molecule has 2 amide bonds. The van der Waals surface area contributed by atoms with Gasteiger partial charge in [-0.2, -0.15) is 0 Å². The van der Waals surface area contributed by atoms with Gasteiger partial charge in [-0.15, -0.1) is 0 Å². The van der Waals surface area contributed by atoms with E-state index in [2.05, 4.69) is 27.2 Å². The molecule has 1 aliphatic heterocycles. The van der Waals surface area contributed by atoms with Crippen molar-refractivity contribution >= 4 is 29.1 Å². The molecule has 166 valence electrons. The molecule has 0 radical (unpaired) electrons. The molecular formula is C23H30N4O4. The summed E-state index contributed by atoms with van der Waals surface area (Å²) in [5.41, 5.74) is 8.18. The number of amides is 2. The van der Waals surface area contributed by atoms with Crippen molar-refractivity contribution in [2.45, 2.75) is 25.3 Å². The van der Waals surface area contributed by atoms with Gasteiger partial charge in [0.15, 0.2) is 0 Å². The van der Waals surface area contributed by atoms with E-state index in [0.29, 0.717) is 24.9 Å². The lowest BCUT2D eigenvalue weighted by atomic mass is 10.0. The quantitative estimate of drug-likeness (QED) is 0.532. The van der Waals surface area contributed by atoms with Crippen LogP contribution in [-0.2, 0) is 9.53 Å². The van der Waals surface area contributed by atoms with Crippen LogP contribution in [0.5, 0.6) is 0 Å². The van der Waals surface area contributed by atoms with Crippen LogP contribution in [0, 0.1) is 0 Å². The van der Waals surface area contributed by atoms with Gasteiger partial charge in [-0.25, -0.2) is 4.79 Å². The predicted octanol–water partition coefficient (Wildman–Crippen LogP) is 2.58.